The van der Waals surface area contributed by atoms with E-state index >= 15 is 8.78 Å². The molecule has 1 atom stereocenters. The van der Waals surface area contributed by atoms with E-state index in [0.29, 0.717) is 34.8 Å². The lowest BCUT2D eigenvalue weighted by Crippen LogP contribution is -2.45. The molecule has 260 valence electrons. The summed E-state index contributed by atoms with van der Waals surface area (Å²) >= 11 is 0. The minimum absolute atomic E-state index is 0.0438. The summed E-state index contributed by atoms with van der Waals surface area (Å²) in [5.41, 5.74) is 14.1. The van der Waals surface area contributed by atoms with Gasteiger partial charge in [0.2, 0.25) is 11.7 Å². The van der Waals surface area contributed by atoms with E-state index in [2.05, 4.69) is 41.2 Å². The van der Waals surface area contributed by atoms with Crippen LogP contribution in [0.4, 0.5) is 20.3 Å². The summed E-state index contributed by atoms with van der Waals surface area (Å²) in [4.78, 5) is 41.9. The topological polar surface area (TPSA) is 223 Å². The van der Waals surface area contributed by atoms with E-state index in [1.54, 1.807) is 35.7 Å². The van der Waals surface area contributed by atoms with Crippen LogP contribution in [0.5, 0.6) is 11.8 Å². The largest absolute Gasteiger partial charge is 0.421 e. The van der Waals surface area contributed by atoms with Gasteiger partial charge in [0.25, 0.3) is 5.91 Å². The number of guanidine groups is 1. The Bertz CT molecular complexity index is 2040. The number of hydrogen-bond donors (Lipinski definition) is 7. The molecule has 15 nitrogen and oxygen atoms in total. The molecule has 0 saturated heterocycles. The average molecular weight is 687 g/mol. The Hall–Kier alpha value is -6.23. The van der Waals surface area contributed by atoms with Crippen molar-refractivity contribution in [2.24, 2.45) is 11.5 Å². The first-order valence-electron chi connectivity index (χ1n) is 15.6. The van der Waals surface area contributed by atoms with Crippen molar-refractivity contribution in [2.45, 2.75) is 32.7 Å². The van der Waals surface area contributed by atoms with E-state index in [1.807, 2.05) is 13.0 Å². The lowest BCUT2D eigenvalue weighted by Gasteiger charge is -2.14. The number of ether oxygens (including phenoxy) is 1. The van der Waals surface area contributed by atoms with Gasteiger partial charge >= 0.3 is 6.01 Å². The molecule has 3 aromatic heterocycles. The van der Waals surface area contributed by atoms with Gasteiger partial charge in [-0.15, -0.1) is 0 Å². The molecule has 0 bridgehead atoms. The molecule has 2 amide bonds. The van der Waals surface area contributed by atoms with Gasteiger partial charge in [0.1, 0.15) is 0 Å². The van der Waals surface area contributed by atoms with Gasteiger partial charge in [-0.2, -0.15) is 4.39 Å². The van der Waals surface area contributed by atoms with Crippen molar-refractivity contribution in [3.05, 3.63) is 89.6 Å². The number of nitrogens with zero attached hydrogens (tertiary/aromatic N) is 5. The maximum absolute atomic E-state index is 15.4. The minimum atomic E-state index is -1.20. The number of aromatic nitrogens is 5. The van der Waals surface area contributed by atoms with Crippen molar-refractivity contribution >= 4 is 34.9 Å². The van der Waals surface area contributed by atoms with Gasteiger partial charge in [-0.25, -0.2) is 24.3 Å². The van der Waals surface area contributed by atoms with Crippen molar-refractivity contribution < 1.29 is 23.1 Å². The van der Waals surface area contributed by atoms with Crippen LogP contribution >= 0.6 is 0 Å². The molecule has 0 aliphatic carbocycles. The standard InChI is InChI=1S/C33H36F2N12O3/c1-3-19-16-20(4-5-21(19)30(48)40-12-13-41-31(49)23(36)9-11-42-32(37)38)46-28-29-44-17-24(47(29)15-14-39-28)22-6-7-25(27(35)26(22)34)50-33-43-10-8-18(2)45-33/h4-8,10,14-17,23H,3,9,11-13,36H2,1-2H3,(H,39,46)(H,40,48)(H,41,49)(H4,37,38,42). The predicted molar refractivity (Wildman–Crippen MR) is 182 cm³/mol. The van der Waals surface area contributed by atoms with Gasteiger partial charge in [-0.1, -0.05) is 6.92 Å². The lowest BCUT2D eigenvalue weighted by molar-refractivity contribution is -0.122. The molecule has 0 spiro atoms. The summed E-state index contributed by atoms with van der Waals surface area (Å²) in [5, 5.41) is 18.4. The molecular formula is C33H36F2N12O3. The summed E-state index contributed by atoms with van der Waals surface area (Å²) < 4.78 is 37.4. The summed E-state index contributed by atoms with van der Waals surface area (Å²) in [7, 11) is 0. The maximum atomic E-state index is 15.4. The highest BCUT2D eigenvalue weighted by atomic mass is 19.2. The predicted octanol–water partition coefficient (Wildman–Crippen LogP) is 2.92. The fourth-order valence-electron chi connectivity index (χ4n) is 4.99. The monoisotopic (exact) mass is 686 g/mol. The number of carbonyl (C=O) groups excluding carboxylic acids is 2. The van der Waals surface area contributed by atoms with E-state index in [-0.39, 0.29) is 66.8 Å². The highest BCUT2D eigenvalue weighted by Crippen LogP contribution is 2.33. The van der Waals surface area contributed by atoms with E-state index in [9.17, 15) is 9.59 Å². The first-order valence-corrected chi connectivity index (χ1v) is 15.6. The Labute approximate surface area is 285 Å². The second-order valence-corrected chi connectivity index (χ2v) is 11.1. The van der Waals surface area contributed by atoms with Gasteiger partial charge < -0.3 is 37.5 Å². The van der Waals surface area contributed by atoms with Crippen molar-refractivity contribution in [1.82, 2.24) is 40.3 Å². The van der Waals surface area contributed by atoms with E-state index in [0.717, 1.165) is 5.56 Å². The number of aryl methyl sites for hydroxylation is 2. The number of carbonyl (C=O) groups is 2. The molecule has 9 N–H and O–H groups in total. The maximum Gasteiger partial charge on any atom is 0.322 e. The zero-order valence-electron chi connectivity index (χ0n) is 27.3. The summed E-state index contributed by atoms with van der Waals surface area (Å²) in [5.74, 6) is -3.23. The summed E-state index contributed by atoms with van der Waals surface area (Å²) in [6.45, 7) is 4.29. The average Bonchev–Trinajstić information content (AvgIpc) is 3.53. The van der Waals surface area contributed by atoms with E-state index in [4.69, 9.17) is 21.6 Å². The Morgan fingerprint density at radius 2 is 1.80 bits per heavy atom. The van der Waals surface area contributed by atoms with Crippen molar-refractivity contribution in [1.29, 1.82) is 5.41 Å². The second-order valence-electron chi connectivity index (χ2n) is 11.1. The Morgan fingerprint density at radius 1 is 1.00 bits per heavy atom. The highest BCUT2D eigenvalue weighted by molar-refractivity contribution is 5.96. The molecule has 0 aliphatic heterocycles. The molecule has 5 rings (SSSR count). The number of rotatable bonds is 14. The van der Waals surface area contributed by atoms with Gasteiger partial charge in [0.15, 0.2) is 29.0 Å². The summed E-state index contributed by atoms with van der Waals surface area (Å²) in [6.07, 6.45) is 6.79. The van der Waals surface area contributed by atoms with Crippen LogP contribution in [0.15, 0.2) is 61.2 Å². The second kappa shape index (κ2) is 15.8. The molecule has 5 aromatic rings. The number of imidazole rings is 1. The van der Waals surface area contributed by atoms with Gasteiger partial charge in [-0.05, 0) is 61.7 Å². The zero-order valence-corrected chi connectivity index (χ0v) is 27.3. The van der Waals surface area contributed by atoms with Crippen LogP contribution in [0.3, 0.4) is 0 Å². The number of amides is 2. The Balaban J connectivity index is 1.24. The van der Waals surface area contributed by atoms with Gasteiger partial charge in [0, 0.05) is 60.7 Å². The molecule has 17 heteroatoms. The smallest absolute Gasteiger partial charge is 0.322 e. The first kappa shape index (κ1) is 35.1. The van der Waals surface area contributed by atoms with Crippen LogP contribution < -0.4 is 37.5 Å². The first-order chi connectivity index (χ1) is 24.0. The van der Waals surface area contributed by atoms with Crippen LogP contribution in [-0.2, 0) is 11.2 Å². The number of benzene rings is 2. The third-order valence-electron chi connectivity index (χ3n) is 7.54. The SMILES string of the molecule is CCc1cc(Nc2nccn3c(-c4ccc(Oc5nccc(C)n5)c(F)c4F)cnc23)ccc1C(=O)NCCNC(=O)C(N)CCNC(=N)N. The van der Waals surface area contributed by atoms with Crippen molar-refractivity contribution in [2.75, 3.05) is 25.0 Å². The number of fused-ring (bicyclic) bond motifs is 1. The molecule has 0 fully saturated rings. The Kier molecular flexibility index (Phi) is 11.1. The molecule has 1 unspecified atom stereocenters. The fraction of sp³-hybridized carbons (Fsp3) is 0.242. The molecule has 50 heavy (non-hydrogen) atoms. The van der Waals surface area contributed by atoms with Crippen LogP contribution in [-0.4, -0.2) is 67.8 Å². The minimum Gasteiger partial charge on any atom is -0.421 e. The highest BCUT2D eigenvalue weighted by Gasteiger charge is 2.21. The molecule has 3 heterocycles. The fourth-order valence-corrected chi connectivity index (χ4v) is 4.99. The molecule has 0 radical (unpaired) electrons. The zero-order chi connectivity index (χ0) is 35.8. The van der Waals surface area contributed by atoms with Crippen molar-refractivity contribution in [3.63, 3.8) is 0 Å². The third-order valence-corrected chi connectivity index (χ3v) is 7.54. The number of hydrogen-bond acceptors (Lipinski definition) is 10. The molecular weight excluding hydrogens is 650 g/mol. The number of halogens is 2. The van der Waals surface area contributed by atoms with Gasteiger partial charge in [0.05, 0.1) is 17.9 Å². The number of nitrogens with two attached hydrogens (primary N) is 2. The quantitative estimate of drug-likeness (QED) is 0.0511. The lowest BCUT2D eigenvalue weighted by atomic mass is 10.0. The van der Waals surface area contributed by atoms with Crippen LogP contribution in [0, 0.1) is 24.0 Å². The molecule has 0 aliphatic rings. The summed E-state index contributed by atoms with van der Waals surface area (Å²) in [6, 6.07) is 8.65. The van der Waals surface area contributed by atoms with Crippen LogP contribution in [0.25, 0.3) is 16.9 Å². The van der Waals surface area contributed by atoms with Crippen LogP contribution in [0.1, 0.15) is 35.0 Å². The Morgan fingerprint density at radius 3 is 2.56 bits per heavy atom. The van der Waals surface area contributed by atoms with E-state index in [1.165, 1.54) is 30.7 Å². The van der Waals surface area contributed by atoms with Crippen LogP contribution in [0.2, 0.25) is 0 Å². The van der Waals surface area contributed by atoms with Crippen molar-refractivity contribution in [3.8, 4) is 23.0 Å². The number of anilines is 2. The van der Waals surface area contributed by atoms with Gasteiger partial charge in [-0.3, -0.25) is 19.4 Å². The molecule has 2 aromatic carbocycles. The normalized spacial score (nSPS) is 11.5. The third kappa shape index (κ3) is 8.24. The number of nitrogens with one attached hydrogen (secondary N) is 5. The van der Waals surface area contributed by atoms with E-state index < -0.39 is 17.7 Å². The molecule has 0 saturated carbocycles.